The molecule has 0 aliphatic carbocycles. The molecule has 32 heavy (non-hydrogen) atoms. The summed E-state index contributed by atoms with van der Waals surface area (Å²) in [6.07, 6.45) is 3.12. The van der Waals surface area contributed by atoms with E-state index < -0.39 is 39.6 Å². The van der Waals surface area contributed by atoms with Gasteiger partial charge in [-0.25, -0.2) is 12.8 Å². The van der Waals surface area contributed by atoms with Gasteiger partial charge in [-0.05, 0) is 30.0 Å². The van der Waals surface area contributed by atoms with Crippen molar-refractivity contribution in [2.24, 2.45) is 0 Å². The smallest absolute Gasteiger partial charge is 0.253 e. The van der Waals surface area contributed by atoms with E-state index >= 15 is 0 Å². The Morgan fingerprint density at radius 3 is 2.44 bits per heavy atom. The Bertz CT molecular complexity index is 1040. The van der Waals surface area contributed by atoms with Gasteiger partial charge in [0.05, 0.1) is 24.0 Å². The van der Waals surface area contributed by atoms with Crippen molar-refractivity contribution >= 4 is 39.1 Å². The SMILES string of the molecule is CS(=O)(=O)N1CCCC1c1ccc(-c2ccc(C(O)C(CF)NC(=O)C(Cl)Cl)cc2)cn1. The molecule has 174 valence electrons. The molecule has 0 radical (unpaired) electrons. The molecule has 7 nitrogen and oxygen atoms in total. The van der Waals surface area contributed by atoms with Gasteiger partial charge in [-0.1, -0.05) is 53.5 Å². The van der Waals surface area contributed by atoms with Gasteiger partial charge in [0.25, 0.3) is 5.91 Å². The van der Waals surface area contributed by atoms with E-state index in [-0.39, 0.29) is 6.04 Å². The number of hydrogen-bond donors (Lipinski definition) is 2. The van der Waals surface area contributed by atoms with Crippen LogP contribution in [0.5, 0.6) is 0 Å². The second-order valence-corrected chi connectivity index (χ2v) is 10.7. The number of pyridine rings is 1. The Kier molecular flexibility index (Phi) is 8.11. The maximum absolute atomic E-state index is 13.3. The van der Waals surface area contributed by atoms with Crippen LogP contribution in [0.25, 0.3) is 11.1 Å². The molecule has 3 rings (SSSR count). The Balaban J connectivity index is 1.73. The van der Waals surface area contributed by atoms with Crippen LogP contribution in [-0.2, 0) is 14.8 Å². The fourth-order valence-corrected chi connectivity index (χ4v) is 5.02. The van der Waals surface area contributed by atoms with Crippen LogP contribution in [0, 0.1) is 0 Å². The van der Waals surface area contributed by atoms with E-state index in [2.05, 4.69) is 10.3 Å². The lowest BCUT2D eigenvalue weighted by molar-refractivity contribution is -0.121. The number of aliphatic hydroxyl groups excluding tert-OH is 1. The standard InChI is InChI=1S/C21H24Cl2FN3O4S/c1-32(30,31)27-10-2-3-18(27)16-9-8-15(12-25-16)13-4-6-14(7-5-13)19(28)17(11-24)26-21(29)20(22)23/h4-9,12,17-20,28H,2-3,10-11H2,1H3,(H,26,29). The summed E-state index contributed by atoms with van der Waals surface area (Å²) >= 11 is 10.9. The molecule has 0 saturated carbocycles. The van der Waals surface area contributed by atoms with Gasteiger partial charge < -0.3 is 10.4 Å². The van der Waals surface area contributed by atoms with Gasteiger partial charge in [0.2, 0.25) is 10.0 Å². The largest absolute Gasteiger partial charge is 0.386 e. The van der Waals surface area contributed by atoms with Gasteiger partial charge in [-0.3, -0.25) is 9.78 Å². The van der Waals surface area contributed by atoms with Crippen molar-refractivity contribution in [3.63, 3.8) is 0 Å². The van der Waals surface area contributed by atoms with E-state index in [1.807, 2.05) is 12.1 Å². The molecular formula is C21H24Cl2FN3O4S. The minimum Gasteiger partial charge on any atom is -0.386 e. The van der Waals surface area contributed by atoms with Crippen molar-refractivity contribution in [2.45, 2.75) is 35.9 Å². The topological polar surface area (TPSA) is 99.6 Å². The monoisotopic (exact) mass is 503 g/mol. The van der Waals surface area contributed by atoms with Crippen LogP contribution in [0.15, 0.2) is 42.6 Å². The van der Waals surface area contributed by atoms with Gasteiger partial charge in [0.15, 0.2) is 4.84 Å². The number of nitrogens with one attached hydrogen (secondary N) is 1. The number of alkyl halides is 3. The van der Waals surface area contributed by atoms with Crippen LogP contribution in [0.2, 0.25) is 0 Å². The molecule has 0 spiro atoms. The fourth-order valence-electron chi connectivity index (χ4n) is 3.76. The predicted molar refractivity (Wildman–Crippen MR) is 122 cm³/mol. The average molecular weight is 504 g/mol. The van der Waals surface area contributed by atoms with E-state index in [9.17, 15) is 22.7 Å². The van der Waals surface area contributed by atoms with E-state index in [1.165, 1.54) is 10.6 Å². The Morgan fingerprint density at radius 2 is 1.91 bits per heavy atom. The van der Waals surface area contributed by atoms with Gasteiger partial charge in [0.1, 0.15) is 12.8 Å². The first kappa shape index (κ1) is 24.9. The Morgan fingerprint density at radius 1 is 1.25 bits per heavy atom. The third kappa shape index (κ3) is 5.77. The van der Waals surface area contributed by atoms with Crippen molar-refractivity contribution in [2.75, 3.05) is 19.5 Å². The second-order valence-electron chi connectivity index (χ2n) is 7.64. The molecule has 2 aromatic rings. The van der Waals surface area contributed by atoms with Gasteiger partial charge in [0, 0.05) is 18.3 Å². The summed E-state index contributed by atoms with van der Waals surface area (Å²) in [6, 6.07) is 8.98. The molecule has 1 saturated heterocycles. The number of sulfonamides is 1. The second kappa shape index (κ2) is 10.4. The van der Waals surface area contributed by atoms with E-state index in [1.54, 1.807) is 30.5 Å². The Labute approximate surface area is 196 Å². The van der Waals surface area contributed by atoms with Crippen molar-refractivity contribution in [1.82, 2.24) is 14.6 Å². The summed E-state index contributed by atoms with van der Waals surface area (Å²) in [5, 5.41) is 12.7. The first-order valence-corrected chi connectivity index (χ1v) is 12.7. The quantitative estimate of drug-likeness (QED) is 0.539. The first-order valence-electron chi connectivity index (χ1n) is 9.97. The normalized spacial score (nSPS) is 19.1. The highest BCUT2D eigenvalue weighted by Gasteiger charge is 2.33. The highest BCUT2D eigenvalue weighted by atomic mass is 35.5. The van der Waals surface area contributed by atoms with E-state index in [0.29, 0.717) is 17.8 Å². The molecule has 3 unspecified atom stereocenters. The number of nitrogens with zero attached hydrogens (tertiary/aromatic N) is 2. The molecule has 0 bridgehead atoms. The van der Waals surface area contributed by atoms with Crippen LogP contribution in [0.4, 0.5) is 4.39 Å². The minimum absolute atomic E-state index is 0.259. The summed E-state index contributed by atoms with van der Waals surface area (Å²) in [4.78, 5) is 14.7. The van der Waals surface area contributed by atoms with E-state index in [0.717, 1.165) is 24.0 Å². The number of benzene rings is 1. The predicted octanol–water partition coefficient (Wildman–Crippen LogP) is 3.14. The zero-order chi connectivity index (χ0) is 23.5. The van der Waals surface area contributed by atoms with Crippen LogP contribution in [0.1, 0.15) is 36.2 Å². The van der Waals surface area contributed by atoms with Crippen molar-refractivity contribution in [3.05, 3.63) is 53.9 Å². The summed E-state index contributed by atoms with van der Waals surface area (Å²) in [5.41, 5.74) is 2.73. The molecule has 1 amide bonds. The highest BCUT2D eigenvalue weighted by molar-refractivity contribution is 7.88. The number of aliphatic hydroxyl groups is 1. The van der Waals surface area contributed by atoms with Crippen molar-refractivity contribution in [3.8, 4) is 11.1 Å². The molecule has 2 N–H and O–H groups in total. The van der Waals surface area contributed by atoms with Crippen LogP contribution in [0.3, 0.4) is 0 Å². The van der Waals surface area contributed by atoms with Crippen LogP contribution >= 0.6 is 23.2 Å². The van der Waals surface area contributed by atoms with Crippen molar-refractivity contribution < 1.29 is 22.7 Å². The molecule has 1 fully saturated rings. The zero-order valence-corrected chi connectivity index (χ0v) is 19.6. The molecular weight excluding hydrogens is 480 g/mol. The summed E-state index contributed by atoms with van der Waals surface area (Å²) in [7, 11) is -3.29. The average Bonchev–Trinajstić information content (AvgIpc) is 3.28. The fraction of sp³-hybridized carbons (Fsp3) is 0.429. The number of aromatic nitrogens is 1. The lowest BCUT2D eigenvalue weighted by Gasteiger charge is -2.22. The zero-order valence-electron chi connectivity index (χ0n) is 17.3. The molecule has 1 aromatic carbocycles. The minimum atomic E-state index is -3.29. The number of rotatable bonds is 8. The van der Waals surface area contributed by atoms with Crippen LogP contribution < -0.4 is 5.32 Å². The molecule has 1 aliphatic rings. The third-order valence-corrected chi connectivity index (χ3v) is 7.10. The Hall–Kier alpha value is -1.78. The lowest BCUT2D eigenvalue weighted by atomic mass is 9.99. The van der Waals surface area contributed by atoms with Gasteiger partial charge in [-0.15, -0.1) is 0 Å². The molecule has 1 aromatic heterocycles. The summed E-state index contributed by atoms with van der Waals surface area (Å²) in [6.45, 7) is -0.500. The van der Waals surface area contributed by atoms with Crippen LogP contribution in [-0.4, -0.2) is 59.1 Å². The molecule has 3 atom stereocenters. The van der Waals surface area contributed by atoms with E-state index in [4.69, 9.17) is 23.2 Å². The highest BCUT2D eigenvalue weighted by Crippen LogP contribution is 2.33. The number of halogens is 3. The summed E-state index contributed by atoms with van der Waals surface area (Å²) in [5.74, 6) is -0.783. The number of hydrogen-bond acceptors (Lipinski definition) is 5. The number of carbonyl (C=O) groups is 1. The lowest BCUT2D eigenvalue weighted by Crippen LogP contribution is -2.43. The van der Waals surface area contributed by atoms with Gasteiger partial charge in [-0.2, -0.15) is 4.31 Å². The molecule has 2 heterocycles. The first-order chi connectivity index (χ1) is 15.1. The molecule has 11 heteroatoms. The summed E-state index contributed by atoms with van der Waals surface area (Å²) < 4.78 is 38.7. The number of carbonyl (C=O) groups excluding carboxylic acids is 1. The van der Waals surface area contributed by atoms with Gasteiger partial charge >= 0.3 is 0 Å². The maximum atomic E-state index is 13.3. The third-order valence-electron chi connectivity index (χ3n) is 5.42. The maximum Gasteiger partial charge on any atom is 0.253 e. The van der Waals surface area contributed by atoms with Crippen molar-refractivity contribution in [1.29, 1.82) is 0 Å². The number of amides is 1. The molecule has 1 aliphatic heterocycles.